The van der Waals surface area contributed by atoms with Crippen molar-refractivity contribution >= 4 is 27.7 Å². The first kappa shape index (κ1) is 19.4. The standard InChI is InChI=1S/C14H14F3N5O3S/c1-8-7-9(2)19-12(18-8)22-26(24,25)11-5-3-10(4-6-11)20-13(23)21-14(15,16)17/h3-7H,1-2H3,(H,18,19,22)(H2,20,21,23). The van der Waals surface area contributed by atoms with Gasteiger partial charge in [-0.15, -0.1) is 0 Å². The number of hydrogen-bond acceptors (Lipinski definition) is 5. The molecule has 1 aromatic heterocycles. The van der Waals surface area contributed by atoms with E-state index >= 15 is 0 Å². The molecular formula is C14H14F3N5O3S. The lowest BCUT2D eigenvalue weighted by molar-refractivity contribution is -0.144. The van der Waals surface area contributed by atoms with Crippen LogP contribution >= 0.6 is 0 Å². The van der Waals surface area contributed by atoms with E-state index in [-0.39, 0.29) is 16.5 Å². The first-order valence-electron chi connectivity index (χ1n) is 7.06. The van der Waals surface area contributed by atoms with Gasteiger partial charge in [0.15, 0.2) is 0 Å². The largest absolute Gasteiger partial charge is 0.485 e. The molecule has 12 heteroatoms. The number of alkyl halides is 3. The molecule has 0 unspecified atom stereocenters. The zero-order valence-corrected chi connectivity index (χ0v) is 14.4. The lowest BCUT2D eigenvalue weighted by atomic mass is 10.3. The number of hydrogen-bond donors (Lipinski definition) is 3. The summed E-state index contributed by atoms with van der Waals surface area (Å²) in [5.41, 5.74) is 1.13. The molecule has 1 heterocycles. The first-order chi connectivity index (χ1) is 11.9. The minimum atomic E-state index is -4.87. The number of nitrogens with one attached hydrogen (secondary N) is 3. The molecule has 8 nitrogen and oxygen atoms in total. The Bertz CT molecular complexity index is 894. The predicted octanol–water partition coefficient (Wildman–Crippen LogP) is 2.54. The van der Waals surface area contributed by atoms with Crippen molar-refractivity contribution in [2.24, 2.45) is 0 Å². The van der Waals surface area contributed by atoms with Crippen LogP contribution in [0.1, 0.15) is 11.4 Å². The Morgan fingerprint density at radius 3 is 2.08 bits per heavy atom. The van der Waals surface area contributed by atoms with E-state index < -0.39 is 22.4 Å². The monoisotopic (exact) mass is 389 g/mol. The van der Waals surface area contributed by atoms with Gasteiger partial charge in [0.1, 0.15) is 0 Å². The molecule has 0 aliphatic carbocycles. The lowest BCUT2D eigenvalue weighted by Crippen LogP contribution is -2.40. The van der Waals surface area contributed by atoms with Crippen LogP contribution in [0.25, 0.3) is 0 Å². The van der Waals surface area contributed by atoms with E-state index in [0.29, 0.717) is 11.4 Å². The Morgan fingerprint density at radius 2 is 1.58 bits per heavy atom. The molecule has 140 valence electrons. The van der Waals surface area contributed by atoms with E-state index in [1.54, 1.807) is 19.9 Å². The van der Waals surface area contributed by atoms with E-state index in [1.807, 2.05) is 5.32 Å². The van der Waals surface area contributed by atoms with Gasteiger partial charge in [0.25, 0.3) is 10.0 Å². The molecule has 0 spiro atoms. The van der Waals surface area contributed by atoms with E-state index in [4.69, 9.17) is 0 Å². The first-order valence-corrected chi connectivity index (χ1v) is 8.54. The number of halogens is 3. The van der Waals surface area contributed by atoms with Crippen LogP contribution in [0.5, 0.6) is 0 Å². The molecule has 0 saturated heterocycles. The normalized spacial score (nSPS) is 11.7. The second-order valence-electron chi connectivity index (χ2n) is 5.18. The van der Waals surface area contributed by atoms with Crippen LogP contribution in [0.15, 0.2) is 35.2 Å². The van der Waals surface area contributed by atoms with Gasteiger partial charge in [-0.3, -0.25) is 0 Å². The molecular weight excluding hydrogens is 375 g/mol. The second kappa shape index (κ2) is 7.15. The Morgan fingerprint density at radius 1 is 1.04 bits per heavy atom. The number of anilines is 2. The summed E-state index contributed by atoms with van der Waals surface area (Å²) in [7, 11) is -4.00. The summed E-state index contributed by atoms with van der Waals surface area (Å²) in [6.45, 7) is 3.36. The minimum absolute atomic E-state index is 0.0200. The summed E-state index contributed by atoms with van der Waals surface area (Å²) in [6.07, 6.45) is -4.87. The number of nitrogens with zero attached hydrogens (tertiary/aromatic N) is 2. The number of carbonyl (C=O) groups is 1. The number of aromatic nitrogens is 2. The fraction of sp³-hybridized carbons (Fsp3) is 0.214. The molecule has 1 aromatic carbocycles. The average Bonchev–Trinajstić information content (AvgIpc) is 2.43. The molecule has 3 N–H and O–H groups in total. The molecule has 0 bridgehead atoms. The van der Waals surface area contributed by atoms with Crippen LogP contribution in [0.4, 0.5) is 29.6 Å². The minimum Gasteiger partial charge on any atom is -0.308 e. The Kier molecular flexibility index (Phi) is 5.35. The molecule has 2 rings (SSSR count). The van der Waals surface area contributed by atoms with Crippen molar-refractivity contribution in [3.05, 3.63) is 41.7 Å². The smallest absolute Gasteiger partial charge is 0.308 e. The SMILES string of the molecule is Cc1cc(C)nc(NS(=O)(=O)c2ccc(NC(=O)NC(F)(F)F)cc2)n1. The highest BCUT2D eigenvalue weighted by atomic mass is 32.2. The topological polar surface area (TPSA) is 113 Å². The summed E-state index contributed by atoms with van der Waals surface area (Å²) >= 11 is 0. The van der Waals surface area contributed by atoms with Gasteiger partial charge < -0.3 is 5.32 Å². The van der Waals surface area contributed by atoms with Gasteiger partial charge in [0, 0.05) is 17.1 Å². The third kappa shape index (κ3) is 5.58. The fourth-order valence-electron chi connectivity index (χ4n) is 1.96. The maximum atomic E-state index is 12.3. The molecule has 0 radical (unpaired) electrons. The summed E-state index contributed by atoms with van der Waals surface area (Å²) in [6, 6.07) is 4.71. The van der Waals surface area contributed by atoms with Gasteiger partial charge >= 0.3 is 12.3 Å². The van der Waals surface area contributed by atoms with E-state index in [1.165, 1.54) is 0 Å². The number of amides is 2. The Balaban J connectivity index is 2.12. The summed E-state index contributed by atoms with van der Waals surface area (Å²) in [4.78, 5) is 18.9. The van der Waals surface area contributed by atoms with Crippen molar-refractivity contribution in [3.63, 3.8) is 0 Å². The van der Waals surface area contributed by atoms with Crippen LogP contribution in [0, 0.1) is 13.8 Å². The number of carbonyl (C=O) groups excluding carboxylic acids is 1. The van der Waals surface area contributed by atoms with Crippen LogP contribution in [0.2, 0.25) is 0 Å². The number of urea groups is 1. The van der Waals surface area contributed by atoms with Crippen LogP contribution in [0.3, 0.4) is 0 Å². The number of benzene rings is 1. The van der Waals surface area contributed by atoms with Crippen molar-refractivity contribution in [1.82, 2.24) is 15.3 Å². The lowest BCUT2D eigenvalue weighted by Gasteiger charge is -2.11. The summed E-state index contributed by atoms with van der Waals surface area (Å²) in [5.74, 6) is -0.103. The third-order valence-corrected chi connectivity index (χ3v) is 4.23. The van der Waals surface area contributed by atoms with Crippen molar-refractivity contribution in [1.29, 1.82) is 0 Å². The van der Waals surface area contributed by atoms with Gasteiger partial charge in [-0.25, -0.2) is 33.2 Å². The highest BCUT2D eigenvalue weighted by Gasteiger charge is 2.30. The van der Waals surface area contributed by atoms with Crippen LogP contribution in [-0.2, 0) is 10.0 Å². The van der Waals surface area contributed by atoms with Crippen molar-refractivity contribution in [2.75, 3.05) is 10.0 Å². The molecule has 0 fully saturated rings. The van der Waals surface area contributed by atoms with E-state index in [9.17, 15) is 26.4 Å². The fourth-order valence-corrected chi connectivity index (χ4v) is 2.90. The van der Waals surface area contributed by atoms with Crippen LogP contribution < -0.4 is 15.4 Å². The van der Waals surface area contributed by atoms with E-state index in [0.717, 1.165) is 29.6 Å². The van der Waals surface area contributed by atoms with Gasteiger partial charge in [0.05, 0.1) is 4.90 Å². The maximum Gasteiger partial charge on any atom is 0.485 e. The van der Waals surface area contributed by atoms with E-state index in [2.05, 4.69) is 14.7 Å². The highest BCUT2D eigenvalue weighted by Crippen LogP contribution is 2.17. The second-order valence-corrected chi connectivity index (χ2v) is 6.86. The molecule has 0 aliphatic heterocycles. The molecule has 0 aliphatic rings. The third-order valence-electron chi connectivity index (χ3n) is 2.89. The molecule has 0 saturated carbocycles. The number of rotatable bonds is 4. The number of sulfonamides is 1. The van der Waals surface area contributed by atoms with Gasteiger partial charge in [-0.2, -0.15) is 13.2 Å². The van der Waals surface area contributed by atoms with Crippen LogP contribution in [-0.4, -0.2) is 30.7 Å². The van der Waals surface area contributed by atoms with Crippen molar-refractivity contribution in [2.45, 2.75) is 25.0 Å². The average molecular weight is 389 g/mol. The molecule has 2 aromatic rings. The molecule has 2 amide bonds. The molecule has 26 heavy (non-hydrogen) atoms. The van der Waals surface area contributed by atoms with Crippen molar-refractivity contribution < 1.29 is 26.4 Å². The van der Waals surface area contributed by atoms with Gasteiger partial charge in [0.2, 0.25) is 5.95 Å². The zero-order valence-electron chi connectivity index (χ0n) is 13.5. The predicted molar refractivity (Wildman–Crippen MR) is 87.0 cm³/mol. The Labute approximate surface area is 146 Å². The van der Waals surface area contributed by atoms with Crippen molar-refractivity contribution in [3.8, 4) is 0 Å². The number of aryl methyl sites for hydroxylation is 2. The quantitative estimate of drug-likeness (QED) is 0.696. The Hall–Kier alpha value is -2.89. The zero-order chi connectivity index (χ0) is 19.5. The van der Waals surface area contributed by atoms with Gasteiger partial charge in [-0.05, 0) is 44.2 Å². The maximum absolute atomic E-state index is 12.3. The highest BCUT2D eigenvalue weighted by molar-refractivity contribution is 7.92. The summed E-state index contributed by atoms with van der Waals surface area (Å²) < 4.78 is 62.9. The summed E-state index contributed by atoms with van der Waals surface area (Å²) in [5, 5.41) is 2.69. The van der Waals surface area contributed by atoms with Gasteiger partial charge in [-0.1, -0.05) is 0 Å². The molecule has 0 atom stereocenters.